The Morgan fingerprint density at radius 3 is 2.50 bits per heavy atom. The van der Waals surface area contributed by atoms with E-state index in [0.717, 1.165) is 19.4 Å². The minimum absolute atomic E-state index is 0. The van der Waals surface area contributed by atoms with E-state index in [1.807, 2.05) is 0 Å². The van der Waals surface area contributed by atoms with Gasteiger partial charge in [-0.1, -0.05) is 6.07 Å². The van der Waals surface area contributed by atoms with Gasteiger partial charge < -0.3 is 20.3 Å². The van der Waals surface area contributed by atoms with Gasteiger partial charge in [0.2, 0.25) is 0 Å². The van der Waals surface area contributed by atoms with E-state index in [9.17, 15) is 14.7 Å². The molecular formula is C11H13LiN2O4. The SMILES string of the molecule is O=C(O)[C@@H]1CCCN1.O=C([O-])c1cccnc1.[Li+]. The second-order valence-electron chi connectivity index (χ2n) is 3.52. The van der Waals surface area contributed by atoms with Gasteiger partial charge in [-0.15, -0.1) is 0 Å². The van der Waals surface area contributed by atoms with Crippen molar-refractivity contribution in [2.24, 2.45) is 0 Å². The van der Waals surface area contributed by atoms with Crippen LogP contribution in [0.3, 0.4) is 0 Å². The van der Waals surface area contributed by atoms with Crippen molar-refractivity contribution in [3.8, 4) is 0 Å². The normalized spacial score (nSPS) is 17.0. The van der Waals surface area contributed by atoms with E-state index in [-0.39, 0.29) is 30.5 Å². The molecule has 2 rings (SSSR count). The molecule has 1 atom stereocenters. The van der Waals surface area contributed by atoms with Crippen LogP contribution in [-0.2, 0) is 4.79 Å². The predicted octanol–water partition coefficient (Wildman–Crippen LogP) is -3.73. The molecule has 1 aromatic rings. The summed E-state index contributed by atoms with van der Waals surface area (Å²) in [5.74, 6) is -1.91. The zero-order valence-electron chi connectivity index (χ0n) is 10.1. The number of nitrogens with one attached hydrogen (secondary N) is 1. The van der Waals surface area contributed by atoms with Gasteiger partial charge in [-0.2, -0.15) is 0 Å². The summed E-state index contributed by atoms with van der Waals surface area (Å²) in [4.78, 5) is 23.8. The second kappa shape index (κ2) is 8.70. The number of carboxylic acids is 2. The molecule has 2 N–H and O–H groups in total. The summed E-state index contributed by atoms with van der Waals surface area (Å²) in [6.07, 6.45) is 4.54. The van der Waals surface area contributed by atoms with Crippen molar-refractivity contribution in [1.82, 2.24) is 10.3 Å². The zero-order chi connectivity index (χ0) is 12.7. The van der Waals surface area contributed by atoms with E-state index >= 15 is 0 Å². The van der Waals surface area contributed by atoms with Crippen LogP contribution in [0.1, 0.15) is 23.2 Å². The molecule has 0 aromatic carbocycles. The van der Waals surface area contributed by atoms with Crippen molar-refractivity contribution >= 4 is 11.9 Å². The largest absolute Gasteiger partial charge is 1.00 e. The molecular weight excluding hydrogens is 231 g/mol. The molecule has 0 amide bonds. The number of aromatic carboxylic acids is 1. The number of carboxylic acid groups (broad SMARTS) is 2. The Kier molecular flexibility index (Phi) is 8.04. The van der Waals surface area contributed by atoms with Gasteiger partial charge in [-0.05, 0) is 25.5 Å². The van der Waals surface area contributed by atoms with Gasteiger partial charge in [-0.3, -0.25) is 9.78 Å². The first-order valence-corrected chi connectivity index (χ1v) is 5.19. The third-order valence-electron chi connectivity index (χ3n) is 2.26. The summed E-state index contributed by atoms with van der Waals surface area (Å²) < 4.78 is 0. The number of carbonyl (C=O) groups is 2. The Hall–Kier alpha value is -1.35. The Labute approximate surface area is 117 Å². The van der Waals surface area contributed by atoms with Crippen LogP contribution in [0.2, 0.25) is 0 Å². The van der Waals surface area contributed by atoms with Crippen LogP contribution >= 0.6 is 0 Å². The average molecular weight is 244 g/mol. The summed E-state index contributed by atoms with van der Waals surface area (Å²) in [5, 5.41) is 21.3. The van der Waals surface area contributed by atoms with Crippen molar-refractivity contribution in [3.63, 3.8) is 0 Å². The molecule has 0 saturated carbocycles. The number of pyridine rings is 1. The fourth-order valence-electron chi connectivity index (χ4n) is 1.38. The minimum Gasteiger partial charge on any atom is -0.545 e. The fraction of sp³-hybridized carbons (Fsp3) is 0.364. The first-order chi connectivity index (χ1) is 8.11. The first-order valence-electron chi connectivity index (χ1n) is 5.19. The van der Waals surface area contributed by atoms with Crippen molar-refractivity contribution in [2.45, 2.75) is 18.9 Å². The van der Waals surface area contributed by atoms with Crippen molar-refractivity contribution < 1.29 is 38.7 Å². The second-order valence-corrected chi connectivity index (χ2v) is 3.52. The van der Waals surface area contributed by atoms with E-state index in [4.69, 9.17) is 5.11 Å². The van der Waals surface area contributed by atoms with E-state index in [1.165, 1.54) is 18.5 Å². The standard InChI is InChI=1S/C6H5NO2.C5H9NO2.Li/c8-6(9)5-2-1-3-7-4-5;7-5(8)4-2-1-3-6-4;/h1-4H,(H,8,9);4,6H,1-3H2,(H,7,8);/q;;+1/p-1/t;4-;/m.0./s1. The smallest absolute Gasteiger partial charge is 0.545 e. The van der Waals surface area contributed by atoms with Crippen LogP contribution in [0.4, 0.5) is 0 Å². The van der Waals surface area contributed by atoms with Crippen molar-refractivity contribution in [2.75, 3.05) is 6.54 Å². The molecule has 0 spiro atoms. The quantitative estimate of drug-likeness (QED) is 0.518. The van der Waals surface area contributed by atoms with Gasteiger partial charge in [0.25, 0.3) is 0 Å². The van der Waals surface area contributed by atoms with Crippen LogP contribution in [0.15, 0.2) is 24.5 Å². The number of aromatic nitrogens is 1. The summed E-state index contributed by atoms with van der Waals surface area (Å²) in [6.45, 7) is 0.858. The topological polar surface area (TPSA) is 102 Å². The fourth-order valence-corrected chi connectivity index (χ4v) is 1.38. The van der Waals surface area contributed by atoms with E-state index < -0.39 is 11.9 Å². The molecule has 1 aliphatic heterocycles. The molecule has 1 fully saturated rings. The van der Waals surface area contributed by atoms with E-state index in [0.29, 0.717) is 0 Å². The summed E-state index contributed by atoms with van der Waals surface area (Å²) in [6, 6.07) is 2.71. The molecule has 0 bridgehead atoms. The first kappa shape index (κ1) is 16.6. The average Bonchev–Trinajstić information content (AvgIpc) is 2.84. The maximum atomic E-state index is 10.1. The van der Waals surface area contributed by atoms with Crippen molar-refractivity contribution in [3.05, 3.63) is 30.1 Å². The van der Waals surface area contributed by atoms with Crippen LogP contribution in [0.25, 0.3) is 0 Å². The zero-order valence-corrected chi connectivity index (χ0v) is 10.1. The molecule has 0 unspecified atom stereocenters. The maximum Gasteiger partial charge on any atom is 1.00 e. The molecule has 6 nitrogen and oxygen atoms in total. The number of nitrogens with zero attached hydrogens (tertiary/aromatic N) is 1. The molecule has 1 aliphatic rings. The van der Waals surface area contributed by atoms with Crippen LogP contribution in [0, 0.1) is 0 Å². The number of rotatable bonds is 2. The summed E-state index contributed by atoms with van der Waals surface area (Å²) >= 11 is 0. The monoisotopic (exact) mass is 244 g/mol. The van der Waals surface area contributed by atoms with Crippen LogP contribution in [0.5, 0.6) is 0 Å². The van der Waals surface area contributed by atoms with Gasteiger partial charge in [0.1, 0.15) is 6.04 Å². The van der Waals surface area contributed by atoms with Crippen molar-refractivity contribution in [1.29, 1.82) is 0 Å². The Balaban J connectivity index is 0.000000306. The maximum absolute atomic E-state index is 10.1. The Morgan fingerprint density at radius 1 is 1.50 bits per heavy atom. The van der Waals surface area contributed by atoms with E-state index in [2.05, 4.69) is 10.3 Å². The molecule has 0 radical (unpaired) electrons. The van der Waals surface area contributed by atoms with Gasteiger partial charge in [0.15, 0.2) is 0 Å². The molecule has 2 heterocycles. The summed E-state index contributed by atoms with van der Waals surface area (Å²) in [7, 11) is 0. The Morgan fingerprint density at radius 2 is 2.22 bits per heavy atom. The molecule has 7 heteroatoms. The van der Waals surface area contributed by atoms with Gasteiger partial charge in [0, 0.05) is 18.0 Å². The Bertz CT molecular complexity index is 380. The summed E-state index contributed by atoms with van der Waals surface area (Å²) in [5.41, 5.74) is 0.109. The molecule has 1 aromatic heterocycles. The molecule has 92 valence electrons. The third kappa shape index (κ3) is 5.82. The predicted molar refractivity (Wildman–Crippen MR) is 57.2 cm³/mol. The van der Waals surface area contributed by atoms with Gasteiger partial charge in [0.05, 0.1) is 5.97 Å². The minimum atomic E-state index is -1.19. The molecule has 1 saturated heterocycles. The number of hydrogen-bond acceptors (Lipinski definition) is 5. The van der Waals surface area contributed by atoms with Crippen LogP contribution < -0.4 is 29.3 Å². The number of aliphatic carboxylic acids is 1. The van der Waals surface area contributed by atoms with Gasteiger partial charge >= 0.3 is 24.8 Å². The number of carbonyl (C=O) groups excluding carboxylic acids is 1. The molecule has 0 aliphatic carbocycles. The number of hydrogen-bond donors (Lipinski definition) is 2. The molecule has 18 heavy (non-hydrogen) atoms. The van der Waals surface area contributed by atoms with E-state index in [1.54, 1.807) is 6.07 Å². The third-order valence-corrected chi connectivity index (χ3v) is 2.26. The van der Waals surface area contributed by atoms with Crippen LogP contribution in [-0.4, -0.2) is 34.6 Å². The van der Waals surface area contributed by atoms with Gasteiger partial charge in [-0.25, -0.2) is 0 Å².